The first-order chi connectivity index (χ1) is 9.74. The maximum Gasteiger partial charge on any atom is 0.254 e. The van der Waals surface area contributed by atoms with Gasteiger partial charge in [-0.2, -0.15) is 0 Å². The predicted octanol–water partition coefficient (Wildman–Crippen LogP) is 1.80. The molecular weight excluding hydrogens is 250 g/mol. The lowest BCUT2D eigenvalue weighted by molar-refractivity contribution is -0.696. The van der Waals surface area contributed by atoms with E-state index in [2.05, 4.69) is 17.1 Å². The summed E-state index contributed by atoms with van der Waals surface area (Å²) in [7, 11) is 0. The van der Waals surface area contributed by atoms with Crippen LogP contribution in [0.3, 0.4) is 0 Å². The van der Waals surface area contributed by atoms with Gasteiger partial charge < -0.3 is 10.7 Å². The lowest BCUT2D eigenvalue weighted by atomic mass is 10.1. The Morgan fingerprint density at radius 3 is 2.90 bits per heavy atom. The van der Waals surface area contributed by atoms with E-state index in [1.807, 2.05) is 35.2 Å². The van der Waals surface area contributed by atoms with Gasteiger partial charge in [0, 0.05) is 29.6 Å². The summed E-state index contributed by atoms with van der Waals surface area (Å²) in [6, 6.07) is 11.8. The van der Waals surface area contributed by atoms with E-state index >= 15 is 0 Å². The lowest BCUT2D eigenvalue weighted by Crippen LogP contribution is -2.35. The highest BCUT2D eigenvalue weighted by Crippen LogP contribution is 2.17. The quantitative estimate of drug-likeness (QED) is 0.695. The number of carbonyl (C=O) groups is 1. The molecule has 3 aromatic rings. The smallest absolute Gasteiger partial charge is 0.254 e. The zero-order valence-corrected chi connectivity index (χ0v) is 11.0. The van der Waals surface area contributed by atoms with Gasteiger partial charge in [0.25, 0.3) is 5.91 Å². The molecule has 2 heterocycles. The Balaban J connectivity index is 1.79. The van der Waals surface area contributed by atoms with E-state index < -0.39 is 5.91 Å². The Morgan fingerprint density at radius 1 is 1.20 bits per heavy atom. The highest BCUT2D eigenvalue weighted by atomic mass is 16.1. The van der Waals surface area contributed by atoms with Gasteiger partial charge >= 0.3 is 0 Å². The van der Waals surface area contributed by atoms with Crippen molar-refractivity contribution in [3.05, 3.63) is 66.1 Å². The minimum absolute atomic E-state index is 0.397. The van der Waals surface area contributed by atoms with Gasteiger partial charge in [-0.25, -0.2) is 4.57 Å². The summed E-state index contributed by atoms with van der Waals surface area (Å²) in [4.78, 5) is 14.4. The first kappa shape index (κ1) is 12.4. The number of aromatic amines is 1. The van der Waals surface area contributed by atoms with Crippen molar-refractivity contribution < 1.29 is 9.36 Å². The molecule has 3 N–H and O–H groups in total. The van der Waals surface area contributed by atoms with Crippen LogP contribution in [0.1, 0.15) is 15.9 Å². The van der Waals surface area contributed by atoms with Crippen LogP contribution < -0.4 is 10.3 Å². The molecule has 0 fully saturated rings. The second kappa shape index (κ2) is 5.17. The molecular formula is C16H16N3O+. The number of fused-ring (bicyclic) bond motifs is 1. The highest BCUT2D eigenvalue weighted by molar-refractivity contribution is 5.92. The van der Waals surface area contributed by atoms with Crippen molar-refractivity contribution in [2.24, 2.45) is 5.73 Å². The molecule has 20 heavy (non-hydrogen) atoms. The number of nitrogens with zero attached hydrogens (tertiary/aromatic N) is 1. The molecule has 2 aromatic heterocycles. The number of rotatable bonds is 4. The molecule has 0 aliphatic rings. The highest BCUT2D eigenvalue weighted by Gasteiger charge is 2.09. The van der Waals surface area contributed by atoms with Crippen molar-refractivity contribution in [1.82, 2.24) is 4.98 Å². The number of pyridine rings is 1. The third-order valence-electron chi connectivity index (χ3n) is 3.46. The third-order valence-corrected chi connectivity index (χ3v) is 3.46. The number of hydrogen-bond donors (Lipinski definition) is 2. The third kappa shape index (κ3) is 2.40. The average molecular weight is 266 g/mol. The Kier molecular flexibility index (Phi) is 3.21. The summed E-state index contributed by atoms with van der Waals surface area (Å²) in [6.45, 7) is 0.808. The van der Waals surface area contributed by atoms with E-state index in [0.717, 1.165) is 18.5 Å². The lowest BCUT2D eigenvalue weighted by Gasteiger charge is -1.99. The SMILES string of the molecule is NC(=O)c1ccc[n+](CCc2c[nH]c3ccccc23)c1. The largest absolute Gasteiger partial charge is 0.365 e. The molecule has 0 aliphatic heterocycles. The molecule has 0 unspecified atom stereocenters. The maximum absolute atomic E-state index is 11.2. The minimum Gasteiger partial charge on any atom is -0.365 e. The molecule has 0 spiro atoms. The van der Waals surface area contributed by atoms with Crippen LogP contribution in [0.2, 0.25) is 0 Å². The van der Waals surface area contributed by atoms with Crippen LogP contribution in [-0.2, 0) is 13.0 Å². The Labute approximate surface area is 116 Å². The molecule has 1 aromatic carbocycles. The fourth-order valence-corrected chi connectivity index (χ4v) is 2.39. The molecule has 0 aliphatic carbocycles. The topological polar surface area (TPSA) is 62.8 Å². The molecule has 4 heteroatoms. The van der Waals surface area contributed by atoms with Crippen LogP contribution in [0.5, 0.6) is 0 Å². The number of nitrogens with one attached hydrogen (secondary N) is 1. The molecule has 0 radical (unpaired) electrons. The first-order valence-corrected chi connectivity index (χ1v) is 6.58. The van der Waals surface area contributed by atoms with E-state index in [4.69, 9.17) is 5.73 Å². The monoisotopic (exact) mass is 266 g/mol. The standard InChI is InChI=1S/C16H15N3O/c17-16(20)13-4-3-8-19(11-13)9-7-12-10-18-15-6-2-1-5-14(12)15/h1-6,8,10-11,18H,7,9H2,(H-,17,20)/p+1. The maximum atomic E-state index is 11.2. The Morgan fingerprint density at radius 2 is 2.05 bits per heavy atom. The molecule has 0 saturated carbocycles. The molecule has 0 saturated heterocycles. The van der Waals surface area contributed by atoms with Crippen molar-refractivity contribution in [2.75, 3.05) is 0 Å². The number of amides is 1. The van der Waals surface area contributed by atoms with E-state index in [-0.39, 0.29) is 0 Å². The van der Waals surface area contributed by atoms with Crippen LogP contribution in [0, 0.1) is 0 Å². The number of aromatic nitrogens is 2. The number of hydrogen-bond acceptors (Lipinski definition) is 1. The number of benzene rings is 1. The number of aryl methyl sites for hydroxylation is 2. The van der Waals surface area contributed by atoms with E-state index in [9.17, 15) is 4.79 Å². The van der Waals surface area contributed by atoms with Crippen LogP contribution in [-0.4, -0.2) is 10.9 Å². The Bertz CT molecular complexity index is 761. The summed E-state index contributed by atoms with van der Waals surface area (Å²) in [5.41, 5.74) is 8.25. The van der Waals surface area contributed by atoms with Gasteiger partial charge in [-0.3, -0.25) is 4.79 Å². The number of primary amides is 1. The van der Waals surface area contributed by atoms with E-state index in [1.165, 1.54) is 10.9 Å². The summed E-state index contributed by atoms with van der Waals surface area (Å²) in [5, 5.41) is 1.25. The predicted molar refractivity (Wildman–Crippen MR) is 77.2 cm³/mol. The van der Waals surface area contributed by atoms with Gasteiger partial charge in [-0.15, -0.1) is 0 Å². The first-order valence-electron chi connectivity index (χ1n) is 6.58. The normalized spacial score (nSPS) is 10.8. The van der Waals surface area contributed by atoms with Gasteiger partial charge in [-0.05, 0) is 17.7 Å². The summed E-state index contributed by atoms with van der Waals surface area (Å²) >= 11 is 0. The molecule has 1 amide bonds. The number of carbonyl (C=O) groups excluding carboxylic acids is 1. The Hall–Kier alpha value is -2.62. The van der Waals surface area contributed by atoms with Crippen molar-refractivity contribution in [2.45, 2.75) is 13.0 Å². The van der Waals surface area contributed by atoms with Gasteiger partial charge in [0.2, 0.25) is 0 Å². The van der Waals surface area contributed by atoms with Gasteiger partial charge in [-0.1, -0.05) is 18.2 Å². The summed E-state index contributed by atoms with van der Waals surface area (Å²) < 4.78 is 1.99. The van der Waals surface area contributed by atoms with Crippen molar-refractivity contribution >= 4 is 16.8 Å². The number of nitrogens with two attached hydrogens (primary N) is 1. The van der Waals surface area contributed by atoms with Crippen LogP contribution in [0.25, 0.3) is 10.9 Å². The fraction of sp³-hybridized carbons (Fsp3) is 0.125. The second-order valence-corrected chi connectivity index (χ2v) is 4.80. The summed E-state index contributed by atoms with van der Waals surface area (Å²) in [5.74, 6) is -0.397. The van der Waals surface area contributed by atoms with Crippen LogP contribution >= 0.6 is 0 Å². The van der Waals surface area contributed by atoms with Crippen molar-refractivity contribution in [1.29, 1.82) is 0 Å². The van der Waals surface area contributed by atoms with Crippen LogP contribution in [0.4, 0.5) is 0 Å². The second-order valence-electron chi connectivity index (χ2n) is 4.80. The molecule has 4 nitrogen and oxygen atoms in total. The molecule has 0 atom stereocenters. The van der Waals surface area contributed by atoms with Gasteiger partial charge in [0.15, 0.2) is 18.9 Å². The van der Waals surface area contributed by atoms with Crippen LogP contribution in [0.15, 0.2) is 55.0 Å². The number of H-pyrrole nitrogens is 1. The van der Waals surface area contributed by atoms with Crippen molar-refractivity contribution in [3.63, 3.8) is 0 Å². The zero-order chi connectivity index (χ0) is 13.9. The van der Waals surface area contributed by atoms with E-state index in [0.29, 0.717) is 5.56 Å². The van der Waals surface area contributed by atoms with Crippen molar-refractivity contribution in [3.8, 4) is 0 Å². The minimum atomic E-state index is -0.397. The zero-order valence-electron chi connectivity index (χ0n) is 11.0. The molecule has 100 valence electrons. The molecule has 0 bridgehead atoms. The van der Waals surface area contributed by atoms with Gasteiger partial charge in [0.1, 0.15) is 5.56 Å². The van der Waals surface area contributed by atoms with Gasteiger partial charge in [0.05, 0.1) is 0 Å². The number of para-hydroxylation sites is 1. The summed E-state index contributed by atoms with van der Waals surface area (Å²) in [6.07, 6.45) is 6.68. The fourth-order valence-electron chi connectivity index (χ4n) is 2.39. The molecule has 3 rings (SSSR count). The average Bonchev–Trinajstić information content (AvgIpc) is 2.89. The van der Waals surface area contributed by atoms with E-state index in [1.54, 1.807) is 12.3 Å².